The minimum Gasteiger partial charge on any atom is -0.507 e. The minimum atomic E-state index is -0.163. The van der Waals surface area contributed by atoms with Crippen molar-refractivity contribution in [3.05, 3.63) is 82.5 Å². The van der Waals surface area contributed by atoms with E-state index in [1.807, 2.05) is 6.07 Å². The number of hydrogen-bond donors (Lipinski definition) is 2. The maximum absolute atomic E-state index is 11.0. The van der Waals surface area contributed by atoms with Crippen molar-refractivity contribution in [3.8, 4) is 5.75 Å². The summed E-state index contributed by atoms with van der Waals surface area (Å²) < 4.78 is 0. The number of phenols is 1. The molecule has 0 bridgehead atoms. The molecule has 2 aromatic carbocycles. The summed E-state index contributed by atoms with van der Waals surface area (Å²) in [6.45, 7) is 19.7. The number of allylic oxidation sites excluding steroid dienone is 4. The Balaban J connectivity index is 1.94. The van der Waals surface area contributed by atoms with E-state index >= 15 is 0 Å². The molecular weight excluding hydrogens is 426 g/mol. The molecule has 2 N–H and O–H groups in total. The summed E-state index contributed by atoms with van der Waals surface area (Å²) in [5, 5.41) is 14.7. The van der Waals surface area contributed by atoms with Crippen LogP contribution in [0.15, 0.2) is 65.8 Å². The lowest BCUT2D eigenvalue weighted by atomic mass is 9.75. The summed E-state index contributed by atoms with van der Waals surface area (Å²) in [5.74, 6) is 0.443. The highest BCUT2D eigenvalue weighted by molar-refractivity contribution is 5.49. The second-order valence-electron chi connectivity index (χ2n) is 12.2. The summed E-state index contributed by atoms with van der Waals surface area (Å²) in [4.78, 5) is 0. The van der Waals surface area contributed by atoms with Crippen molar-refractivity contribution < 1.29 is 5.11 Å². The van der Waals surface area contributed by atoms with E-state index in [-0.39, 0.29) is 10.8 Å². The monoisotopic (exact) mass is 475 g/mol. The Morgan fingerprint density at radius 1 is 0.886 bits per heavy atom. The average Bonchev–Trinajstić information content (AvgIpc) is 2.74. The normalized spacial score (nSPS) is 13.5. The first-order valence-corrected chi connectivity index (χ1v) is 13.3. The predicted octanol–water partition coefficient (Wildman–Crippen LogP) is 9.48. The fourth-order valence-electron chi connectivity index (χ4n) is 4.65. The third-order valence-corrected chi connectivity index (χ3v) is 6.77. The fourth-order valence-corrected chi connectivity index (χ4v) is 4.65. The van der Waals surface area contributed by atoms with Crippen LogP contribution in [0.1, 0.15) is 105 Å². The van der Waals surface area contributed by atoms with Gasteiger partial charge in [0.1, 0.15) is 5.75 Å². The first-order valence-electron chi connectivity index (χ1n) is 13.3. The molecule has 0 heterocycles. The van der Waals surface area contributed by atoms with E-state index in [2.05, 4.69) is 116 Å². The van der Waals surface area contributed by atoms with Crippen LogP contribution in [0.5, 0.6) is 5.75 Å². The molecule has 0 aliphatic heterocycles. The van der Waals surface area contributed by atoms with Crippen molar-refractivity contribution in [2.24, 2.45) is 0 Å². The highest BCUT2D eigenvalue weighted by Crippen LogP contribution is 2.40. The summed E-state index contributed by atoms with van der Waals surface area (Å²) in [6, 6.07) is 15.4. The number of rotatable bonds is 11. The lowest BCUT2D eigenvalue weighted by Crippen LogP contribution is -2.22. The molecule has 35 heavy (non-hydrogen) atoms. The van der Waals surface area contributed by atoms with Gasteiger partial charge in [-0.2, -0.15) is 0 Å². The van der Waals surface area contributed by atoms with E-state index < -0.39 is 0 Å². The molecule has 0 aromatic heterocycles. The quantitative estimate of drug-likeness (QED) is 0.317. The topological polar surface area (TPSA) is 32.3 Å². The van der Waals surface area contributed by atoms with E-state index in [0.29, 0.717) is 11.8 Å². The smallest absolute Gasteiger partial charge is 0.123 e. The summed E-state index contributed by atoms with van der Waals surface area (Å²) >= 11 is 0. The molecule has 1 unspecified atom stereocenters. The Hall–Kier alpha value is -2.48. The van der Waals surface area contributed by atoms with Crippen LogP contribution in [-0.2, 0) is 17.3 Å². The maximum atomic E-state index is 11.0. The SMILES string of the molecule is CC(C)=CCC/C(C)=C/CCC(C)Nc1ccc(CC(C)(C)c2cccc(C(C)(C)C)c2O)cc1. The van der Waals surface area contributed by atoms with Crippen molar-refractivity contribution in [2.45, 2.75) is 111 Å². The van der Waals surface area contributed by atoms with Crippen molar-refractivity contribution in [2.75, 3.05) is 5.32 Å². The van der Waals surface area contributed by atoms with Gasteiger partial charge in [-0.3, -0.25) is 0 Å². The van der Waals surface area contributed by atoms with Gasteiger partial charge in [0.2, 0.25) is 0 Å². The second kappa shape index (κ2) is 12.5. The van der Waals surface area contributed by atoms with Gasteiger partial charge in [-0.25, -0.2) is 0 Å². The Bertz CT molecular complexity index is 998. The molecule has 2 aromatic rings. The molecule has 0 saturated heterocycles. The molecular formula is C33H49NO. The molecule has 0 radical (unpaired) electrons. The Morgan fingerprint density at radius 3 is 2.11 bits per heavy atom. The molecule has 2 nitrogen and oxygen atoms in total. The molecule has 192 valence electrons. The van der Waals surface area contributed by atoms with Gasteiger partial charge in [0, 0.05) is 17.3 Å². The third kappa shape index (κ3) is 9.24. The standard InChI is InChI=1S/C33H49NO/c1-24(2)13-10-14-25(3)15-11-16-26(4)34-28-21-19-27(20-22-28)23-33(8,9)30-18-12-17-29(31(30)35)32(5,6)7/h12-13,15,17-22,26,34-35H,10-11,14,16,23H2,1-9H3/b25-15+. The summed E-state index contributed by atoms with van der Waals surface area (Å²) in [6.07, 6.45) is 10.1. The molecule has 0 saturated carbocycles. The zero-order valence-electron chi connectivity index (χ0n) is 23.8. The summed E-state index contributed by atoms with van der Waals surface area (Å²) in [7, 11) is 0. The number of anilines is 1. The van der Waals surface area contributed by atoms with Crippen LogP contribution in [0.4, 0.5) is 5.69 Å². The van der Waals surface area contributed by atoms with Crippen molar-refractivity contribution in [1.29, 1.82) is 0 Å². The van der Waals surface area contributed by atoms with E-state index in [1.54, 1.807) is 0 Å². The molecule has 0 spiro atoms. The highest BCUT2D eigenvalue weighted by atomic mass is 16.3. The Labute approximate surface area is 215 Å². The molecule has 0 amide bonds. The Morgan fingerprint density at radius 2 is 1.51 bits per heavy atom. The van der Waals surface area contributed by atoms with Gasteiger partial charge < -0.3 is 10.4 Å². The van der Waals surface area contributed by atoms with Crippen molar-refractivity contribution in [3.63, 3.8) is 0 Å². The van der Waals surface area contributed by atoms with E-state index in [9.17, 15) is 5.11 Å². The molecule has 1 atom stereocenters. The Kier molecular flexibility index (Phi) is 10.2. The third-order valence-electron chi connectivity index (χ3n) is 6.77. The highest BCUT2D eigenvalue weighted by Gasteiger charge is 2.28. The van der Waals surface area contributed by atoms with Gasteiger partial charge in [-0.1, -0.05) is 88.2 Å². The number of hydrogen-bond acceptors (Lipinski definition) is 2. The number of para-hydroxylation sites is 1. The molecule has 0 fully saturated rings. The van der Waals surface area contributed by atoms with Crippen LogP contribution in [0.2, 0.25) is 0 Å². The van der Waals surface area contributed by atoms with Gasteiger partial charge in [0.05, 0.1) is 0 Å². The lowest BCUT2D eigenvalue weighted by molar-refractivity contribution is 0.414. The predicted molar refractivity (Wildman–Crippen MR) is 155 cm³/mol. The number of phenolic OH excluding ortho intramolecular Hbond substituents is 1. The van der Waals surface area contributed by atoms with E-state index in [4.69, 9.17) is 0 Å². The first kappa shape index (κ1) is 28.8. The van der Waals surface area contributed by atoms with Crippen LogP contribution < -0.4 is 5.32 Å². The molecule has 0 aliphatic rings. The molecule has 2 rings (SSSR count). The first-order chi connectivity index (χ1) is 16.3. The second-order valence-corrected chi connectivity index (χ2v) is 12.2. The van der Waals surface area contributed by atoms with Gasteiger partial charge in [-0.15, -0.1) is 0 Å². The van der Waals surface area contributed by atoms with Gasteiger partial charge in [0.15, 0.2) is 0 Å². The van der Waals surface area contributed by atoms with E-state index in [0.717, 1.165) is 43.2 Å². The zero-order chi connectivity index (χ0) is 26.2. The summed E-state index contributed by atoms with van der Waals surface area (Å²) in [5.41, 5.74) is 7.12. The van der Waals surface area contributed by atoms with Crippen LogP contribution >= 0.6 is 0 Å². The van der Waals surface area contributed by atoms with Crippen LogP contribution in [0.3, 0.4) is 0 Å². The van der Waals surface area contributed by atoms with Gasteiger partial charge in [-0.05, 0) is 93.9 Å². The van der Waals surface area contributed by atoms with Crippen LogP contribution in [-0.4, -0.2) is 11.1 Å². The van der Waals surface area contributed by atoms with Crippen LogP contribution in [0, 0.1) is 0 Å². The minimum absolute atomic E-state index is 0.0831. The van der Waals surface area contributed by atoms with Crippen LogP contribution in [0.25, 0.3) is 0 Å². The number of nitrogens with one attached hydrogen (secondary N) is 1. The van der Waals surface area contributed by atoms with Crippen molar-refractivity contribution >= 4 is 5.69 Å². The van der Waals surface area contributed by atoms with Gasteiger partial charge >= 0.3 is 0 Å². The zero-order valence-corrected chi connectivity index (χ0v) is 23.8. The number of aromatic hydroxyl groups is 1. The average molecular weight is 476 g/mol. The largest absolute Gasteiger partial charge is 0.507 e. The lowest BCUT2D eigenvalue weighted by Gasteiger charge is -2.30. The number of benzene rings is 2. The van der Waals surface area contributed by atoms with E-state index in [1.165, 1.54) is 22.4 Å². The molecule has 0 aliphatic carbocycles. The fraction of sp³-hybridized carbons (Fsp3) is 0.515. The van der Waals surface area contributed by atoms with Crippen molar-refractivity contribution in [1.82, 2.24) is 0 Å². The van der Waals surface area contributed by atoms with Gasteiger partial charge in [0.25, 0.3) is 0 Å². The maximum Gasteiger partial charge on any atom is 0.123 e. The molecule has 2 heteroatoms.